The summed E-state index contributed by atoms with van der Waals surface area (Å²) in [5, 5.41) is 22.7. The van der Waals surface area contributed by atoms with Crippen molar-refractivity contribution in [3.8, 4) is 6.07 Å². The Balaban J connectivity index is 2.11. The van der Waals surface area contributed by atoms with Gasteiger partial charge in [0.25, 0.3) is 5.69 Å². The van der Waals surface area contributed by atoms with Crippen LogP contribution < -0.4 is 10.2 Å². The third kappa shape index (κ3) is 4.67. The van der Waals surface area contributed by atoms with Gasteiger partial charge in [-0.15, -0.1) is 0 Å². The van der Waals surface area contributed by atoms with Gasteiger partial charge in [-0.25, -0.2) is 8.42 Å². The third-order valence-electron chi connectivity index (χ3n) is 3.97. The maximum atomic E-state index is 12.2. The smallest absolute Gasteiger partial charge is 0.270 e. The molecule has 0 radical (unpaired) electrons. The minimum Gasteiger partial charge on any atom is -0.361 e. The number of hydrogen-bond donors (Lipinski definition) is 1. The number of sulfone groups is 1. The average Bonchev–Trinajstić information content (AvgIpc) is 2.90. The van der Waals surface area contributed by atoms with Crippen LogP contribution in [0.5, 0.6) is 0 Å². The Labute approximate surface area is 145 Å². The average molecular weight is 366 g/mol. The van der Waals surface area contributed by atoms with Gasteiger partial charge in [-0.2, -0.15) is 5.26 Å². The predicted octanol–water partition coefficient (Wildman–Crippen LogP) is 0.596. The first-order chi connectivity index (χ1) is 11.8. The lowest BCUT2D eigenvalue weighted by Crippen LogP contribution is -2.42. The topological polar surface area (TPSA) is 133 Å². The summed E-state index contributed by atoms with van der Waals surface area (Å²) in [5.41, 5.74) is 0.328. The number of nitrogens with one attached hydrogen (secondary N) is 1. The van der Waals surface area contributed by atoms with Crippen LogP contribution in [0.25, 0.3) is 0 Å². The van der Waals surface area contributed by atoms with Crippen molar-refractivity contribution >= 4 is 27.1 Å². The molecule has 134 valence electrons. The Morgan fingerprint density at radius 2 is 2.24 bits per heavy atom. The monoisotopic (exact) mass is 366 g/mol. The number of rotatable bonds is 6. The van der Waals surface area contributed by atoms with E-state index in [0.29, 0.717) is 18.7 Å². The molecule has 0 saturated carbocycles. The second-order valence-corrected chi connectivity index (χ2v) is 7.98. The number of nitro benzene ring substituents is 1. The van der Waals surface area contributed by atoms with Gasteiger partial charge >= 0.3 is 0 Å². The van der Waals surface area contributed by atoms with E-state index < -0.39 is 20.8 Å². The summed E-state index contributed by atoms with van der Waals surface area (Å²) < 4.78 is 22.9. The van der Waals surface area contributed by atoms with Crippen molar-refractivity contribution in [2.45, 2.75) is 19.4 Å². The standard InChI is InChI=1S/C15H18N4O5S/c1-2-18(9-15(20)17-12-5-6-25(23,24)10-12)14-4-3-13(19(21)22)7-11(14)8-16/h3-4,7,12H,2,5-6,9-10H2,1H3,(H,17,20). The van der Waals surface area contributed by atoms with Gasteiger partial charge in [0.1, 0.15) is 6.07 Å². The number of carbonyl (C=O) groups is 1. The van der Waals surface area contributed by atoms with E-state index in [1.54, 1.807) is 11.8 Å². The number of nitriles is 1. The molecule has 25 heavy (non-hydrogen) atoms. The molecule has 1 amide bonds. The van der Waals surface area contributed by atoms with Crippen LogP contribution in [-0.2, 0) is 14.6 Å². The Morgan fingerprint density at radius 3 is 2.76 bits per heavy atom. The fourth-order valence-corrected chi connectivity index (χ4v) is 4.40. The molecule has 0 bridgehead atoms. The van der Waals surface area contributed by atoms with Crippen molar-refractivity contribution in [1.29, 1.82) is 5.26 Å². The highest BCUT2D eigenvalue weighted by Crippen LogP contribution is 2.24. The number of anilines is 1. The molecule has 2 rings (SSSR count). The van der Waals surface area contributed by atoms with E-state index in [-0.39, 0.29) is 35.2 Å². The van der Waals surface area contributed by atoms with Crippen LogP contribution >= 0.6 is 0 Å². The summed E-state index contributed by atoms with van der Waals surface area (Å²) in [4.78, 5) is 24.0. The first kappa shape index (κ1) is 18.7. The SMILES string of the molecule is CCN(CC(=O)NC1CCS(=O)(=O)C1)c1ccc([N+](=O)[O-])cc1C#N. The van der Waals surface area contributed by atoms with E-state index in [9.17, 15) is 28.6 Å². The Hall–Kier alpha value is -2.67. The van der Waals surface area contributed by atoms with Gasteiger partial charge in [-0.3, -0.25) is 14.9 Å². The van der Waals surface area contributed by atoms with E-state index in [0.717, 1.165) is 0 Å². The van der Waals surface area contributed by atoms with Gasteiger partial charge in [-0.1, -0.05) is 0 Å². The lowest BCUT2D eigenvalue weighted by molar-refractivity contribution is -0.384. The largest absolute Gasteiger partial charge is 0.361 e. The summed E-state index contributed by atoms with van der Waals surface area (Å²) in [6.45, 7) is 2.12. The molecule has 1 unspecified atom stereocenters. The molecule has 0 aliphatic carbocycles. The van der Waals surface area contributed by atoms with Crippen molar-refractivity contribution in [2.75, 3.05) is 29.5 Å². The van der Waals surface area contributed by atoms with E-state index >= 15 is 0 Å². The van der Waals surface area contributed by atoms with Crippen molar-refractivity contribution < 1.29 is 18.1 Å². The van der Waals surface area contributed by atoms with Gasteiger partial charge < -0.3 is 10.2 Å². The molecule has 1 heterocycles. The third-order valence-corrected chi connectivity index (χ3v) is 5.73. The molecule has 1 atom stereocenters. The molecule has 10 heteroatoms. The van der Waals surface area contributed by atoms with Crippen molar-refractivity contribution in [1.82, 2.24) is 5.32 Å². The van der Waals surface area contributed by atoms with Crippen molar-refractivity contribution in [3.05, 3.63) is 33.9 Å². The number of non-ortho nitro benzene ring substituents is 1. The van der Waals surface area contributed by atoms with Crippen LogP contribution in [-0.4, -0.2) is 49.9 Å². The molecular formula is C15H18N4O5S. The lowest BCUT2D eigenvalue weighted by Gasteiger charge is -2.24. The fraction of sp³-hybridized carbons (Fsp3) is 0.467. The second-order valence-electron chi connectivity index (χ2n) is 5.75. The molecule has 1 aromatic carbocycles. The maximum absolute atomic E-state index is 12.2. The van der Waals surface area contributed by atoms with Gasteiger partial charge in [-0.05, 0) is 19.4 Å². The van der Waals surface area contributed by atoms with E-state index in [1.165, 1.54) is 18.2 Å². The molecule has 9 nitrogen and oxygen atoms in total. The van der Waals surface area contributed by atoms with Gasteiger partial charge in [0, 0.05) is 24.7 Å². The Kier molecular flexibility index (Phi) is 5.58. The zero-order valence-corrected chi connectivity index (χ0v) is 14.5. The van der Waals surface area contributed by atoms with Gasteiger partial charge in [0.15, 0.2) is 9.84 Å². The van der Waals surface area contributed by atoms with Gasteiger partial charge in [0.2, 0.25) is 5.91 Å². The van der Waals surface area contributed by atoms with Gasteiger partial charge in [0.05, 0.1) is 34.2 Å². The molecule has 1 fully saturated rings. The minimum atomic E-state index is -3.09. The molecule has 0 aromatic heterocycles. The summed E-state index contributed by atoms with van der Waals surface area (Å²) in [5.74, 6) is -0.353. The maximum Gasteiger partial charge on any atom is 0.270 e. The number of benzene rings is 1. The quantitative estimate of drug-likeness (QED) is 0.575. The molecule has 1 aliphatic rings. The van der Waals surface area contributed by atoms with Crippen molar-refractivity contribution in [2.24, 2.45) is 0 Å². The highest BCUT2D eigenvalue weighted by atomic mass is 32.2. The van der Waals surface area contributed by atoms with E-state index in [1.807, 2.05) is 6.07 Å². The highest BCUT2D eigenvalue weighted by Gasteiger charge is 2.29. The number of carbonyl (C=O) groups excluding carboxylic acids is 1. The van der Waals surface area contributed by atoms with Crippen LogP contribution in [0.4, 0.5) is 11.4 Å². The molecule has 1 N–H and O–H groups in total. The van der Waals surface area contributed by atoms with E-state index in [4.69, 9.17) is 0 Å². The van der Waals surface area contributed by atoms with Crippen LogP contribution in [0, 0.1) is 21.4 Å². The van der Waals surface area contributed by atoms with Crippen LogP contribution in [0.15, 0.2) is 18.2 Å². The molecule has 1 aliphatic heterocycles. The summed E-state index contributed by atoms with van der Waals surface area (Å²) in [6.07, 6.45) is 0.390. The fourth-order valence-electron chi connectivity index (χ4n) is 2.73. The van der Waals surface area contributed by atoms with Crippen LogP contribution in [0.3, 0.4) is 0 Å². The number of nitrogens with zero attached hydrogens (tertiary/aromatic N) is 3. The number of hydrogen-bond acceptors (Lipinski definition) is 7. The minimum absolute atomic E-state index is 0.0636. The van der Waals surface area contributed by atoms with Crippen molar-refractivity contribution in [3.63, 3.8) is 0 Å². The zero-order valence-electron chi connectivity index (χ0n) is 13.6. The summed E-state index contributed by atoms with van der Waals surface area (Å²) >= 11 is 0. The zero-order chi connectivity index (χ0) is 18.6. The highest BCUT2D eigenvalue weighted by molar-refractivity contribution is 7.91. The Morgan fingerprint density at radius 1 is 1.52 bits per heavy atom. The number of likely N-dealkylation sites (N-methyl/N-ethyl adjacent to an activating group) is 1. The molecule has 1 aromatic rings. The first-order valence-corrected chi connectivity index (χ1v) is 9.51. The summed E-state index contributed by atoms with van der Waals surface area (Å²) in [6, 6.07) is 5.39. The second kappa shape index (κ2) is 7.48. The lowest BCUT2D eigenvalue weighted by atomic mass is 10.1. The predicted molar refractivity (Wildman–Crippen MR) is 90.9 cm³/mol. The Bertz CT molecular complexity index is 831. The molecule has 0 spiro atoms. The van der Waals surface area contributed by atoms with E-state index in [2.05, 4.69) is 5.32 Å². The number of nitro groups is 1. The van der Waals surface area contributed by atoms with Crippen LogP contribution in [0.2, 0.25) is 0 Å². The van der Waals surface area contributed by atoms with Crippen LogP contribution in [0.1, 0.15) is 18.9 Å². The molecular weight excluding hydrogens is 348 g/mol. The number of amides is 1. The summed E-state index contributed by atoms with van der Waals surface area (Å²) in [7, 11) is -3.09. The normalized spacial score (nSPS) is 18.3. The first-order valence-electron chi connectivity index (χ1n) is 7.69. The molecule has 1 saturated heterocycles.